The van der Waals surface area contributed by atoms with Gasteiger partial charge in [0.15, 0.2) is 0 Å². The minimum absolute atomic E-state index is 0.245. The lowest BCUT2D eigenvalue weighted by atomic mass is 9.78. The van der Waals surface area contributed by atoms with Gasteiger partial charge in [0.25, 0.3) is 0 Å². The predicted octanol–water partition coefficient (Wildman–Crippen LogP) is 2.74. The van der Waals surface area contributed by atoms with Crippen LogP contribution in [-0.2, 0) is 4.74 Å². The molecule has 1 aliphatic rings. The topological polar surface area (TPSA) is 47.6 Å². The summed E-state index contributed by atoms with van der Waals surface area (Å²) in [6.07, 6.45) is 4.51. The van der Waals surface area contributed by atoms with Crippen molar-refractivity contribution in [1.82, 2.24) is 0 Å². The minimum atomic E-state index is -0.281. The second-order valence-electron chi connectivity index (χ2n) is 5.24. The van der Waals surface area contributed by atoms with Crippen molar-refractivity contribution in [1.29, 1.82) is 0 Å². The fourth-order valence-electron chi connectivity index (χ4n) is 2.61. The zero-order valence-corrected chi connectivity index (χ0v) is 11.1. The summed E-state index contributed by atoms with van der Waals surface area (Å²) in [6.45, 7) is 9.12. The zero-order valence-electron chi connectivity index (χ0n) is 11.1. The molecule has 2 atom stereocenters. The molecule has 2 N–H and O–H groups in total. The van der Waals surface area contributed by atoms with Gasteiger partial charge in [0, 0.05) is 12.6 Å². The van der Waals surface area contributed by atoms with E-state index in [-0.39, 0.29) is 11.6 Å². The molecule has 0 spiro atoms. The van der Waals surface area contributed by atoms with E-state index in [4.69, 9.17) is 10.5 Å². The summed E-state index contributed by atoms with van der Waals surface area (Å²) in [5.41, 5.74) is 5.88. The first-order valence-corrected chi connectivity index (χ1v) is 6.48. The third kappa shape index (κ3) is 3.21. The van der Waals surface area contributed by atoms with E-state index >= 15 is 0 Å². The van der Waals surface area contributed by atoms with Crippen molar-refractivity contribution in [3.8, 4) is 0 Å². The Morgan fingerprint density at radius 1 is 1.56 bits per heavy atom. The molecule has 3 heteroatoms. The Kier molecular flexibility index (Phi) is 4.78. The first-order valence-electron chi connectivity index (χ1n) is 6.48. The number of amidine groups is 1. The monoisotopic (exact) mass is 226 g/mol. The van der Waals surface area contributed by atoms with Gasteiger partial charge < -0.3 is 10.5 Å². The molecule has 1 rings (SSSR count). The van der Waals surface area contributed by atoms with Gasteiger partial charge in [-0.25, -0.2) is 0 Å². The van der Waals surface area contributed by atoms with E-state index in [2.05, 4.69) is 25.8 Å². The molecule has 0 aromatic carbocycles. The van der Waals surface area contributed by atoms with Crippen LogP contribution in [0.5, 0.6) is 0 Å². The third-order valence-corrected chi connectivity index (χ3v) is 3.24. The average Bonchev–Trinajstić information content (AvgIpc) is 2.17. The molecule has 0 aliphatic heterocycles. The van der Waals surface area contributed by atoms with E-state index in [0.29, 0.717) is 18.4 Å². The third-order valence-electron chi connectivity index (χ3n) is 3.24. The van der Waals surface area contributed by atoms with Gasteiger partial charge in [-0.2, -0.15) is 0 Å². The summed E-state index contributed by atoms with van der Waals surface area (Å²) in [6, 6.07) is 0.245. The summed E-state index contributed by atoms with van der Waals surface area (Å²) >= 11 is 0. The summed E-state index contributed by atoms with van der Waals surface area (Å²) in [7, 11) is 0. The highest BCUT2D eigenvalue weighted by Gasteiger charge is 2.39. The van der Waals surface area contributed by atoms with E-state index < -0.39 is 0 Å². The molecule has 0 saturated heterocycles. The van der Waals surface area contributed by atoms with E-state index in [1.807, 2.05) is 6.92 Å². The summed E-state index contributed by atoms with van der Waals surface area (Å²) in [5.74, 6) is 1.39. The largest absolute Gasteiger partial charge is 0.385 e. The van der Waals surface area contributed by atoms with Gasteiger partial charge in [0.05, 0.1) is 0 Å². The second-order valence-corrected chi connectivity index (χ2v) is 5.24. The Bertz CT molecular complexity index is 246. The van der Waals surface area contributed by atoms with Crippen LogP contribution in [0, 0.1) is 5.92 Å². The predicted molar refractivity (Wildman–Crippen MR) is 68.7 cm³/mol. The van der Waals surface area contributed by atoms with Crippen LogP contribution in [0.1, 0.15) is 53.4 Å². The summed E-state index contributed by atoms with van der Waals surface area (Å²) in [4.78, 5) is 4.50. The molecule has 0 amide bonds. The first kappa shape index (κ1) is 13.5. The maximum Gasteiger partial charge on any atom is 0.127 e. The lowest BCUT2D eigenvalue weighted by Crippen LogP contribution is -2.50. The van der Waals surface area contributed by atoms with E-state index in [9.17, 15) is 0 Å². The molecule has 0 heterocycles. The van der Waals surface area contributed by atoms with Gasteiger partial charge in [0.2, 0.25) is 0 Å². The van der Waals surface area contributed by atoms with Crippen molar-refractivity contribution in [2.24, 2.45) is 16.6 Å². The minimum Gasteiger partial charge on any atom is -0.385 e. The van der Waals surface area contributed by atoms with Gasteiger partial charge in [-0.3, -0.25) is 4.99 Å². The van der Waals surface area contributed by atoms with Crippen molar-refractivity contribution < 1.29 is 4.74 Å². The van der Waals surface area contributed by atoms with E-state index in [0.717, 1.165) is 12.8 Å². The van der Waals surface area contributed by atoms with Crippen molar-refractivity contribution in [2.45, 2.75) is 65.0 Å². The van der Waals surface area contributed by atoms with Crippen molar-refractivity contribution in [2.75, 3.05) is 6.61 Å². The van der Waals surface area contributed by atoms with Crippen LogP contribution >= 0.6 is 0 Å². The number of rotatable bonds is 4. The molecule has 0 aromatic heterocycles. The normalized spacial score (nSPS) is 32.1. The van der Waals surface area contributed by atoms with Gasteiger partial charge in [-0.1, -0.05) is 13.3 Å². The van der Waals surface area contributed by atoms with Gasteiger partial charge in [0.1, 0.15) is 11.4 Å². The zero-order chi connectivity index (χ0) is 12.2. The smallest absolute Gasteiger partial charge is 0.127 e. The van der Waals surface area contributed by atoms with Crippen LogP contribution in [0.3, 0.4) is 0 Å². The highest BCUT2D eigenvalue weighted by Crippen LogP contribution is 2.35. The van der Waals surface area contributed by atoms with Crippen LogP contribution in [0.25, 0.3) is 0 Å². The molecule has 0 aromatic rings. The molecule has 2 unspecified atom stereocenters. The van der Waals surface area contributed by atoms with Crippen LogP contribution in [0.15, 0.2) is 4.99 Å². The number of nitrogens with zero attached hydrogens (tertiary/aromatic N) is 1. The Morgan fingerprint density at radius 3 is 2.75 bits per heavy atom. The van der Waals surface area contributed by atoms with Gasteiger partial charge in [-0.05, 0) is 46.0 Å². The Labute approximate surface area is 99.5 Å². The molecule has 94 valence electrons. The lowest BCUT2D eigenvalue weighted by molar-refractivity contribution is -0.0248. The van der Waals surface area contributed by atoms with Crippen molar-refractivity contribution in [3.63, 3.8) is 0 Å². The van der Waals surface area contributed by atoms with Crippen LogP contribution < -0.4 is 5.73 Å². The van der Waals surface area contributed by atoms with Crippen LogP contribution in [0.4, 0.5) is 0 Å². The van der Waals surface area contributed by atoms with Gasteiger partial charge in [-0.15, -0.1) is 0 Å². The Morgan fingerprint density at radius 2 is 2.25 bits per heavy atom. The molecular formula is C13H26N2O. The summed E-state index contributed by atoms with van der Waals surface area (Å²) in [5, 5.41) is 0. The standard InChI is InChI=1S/C13H26N2O/c1-5-16-13(12(14)15-10(2)3)8-6-7-11(4)9-13/h10-11H,5-9H2,1-4H3,(H2,14,15). The SMILES string of the molecule is CCOC1(C(N)=NC(C)C)CCCC(C)C1. The Balaban J connectivity index is 2.86. The van der Waals surface area contributed by atoms with E-state index in [1.165, 1.54) is 12.8 Å². The highest BCUT2D eigenvalue weighted by atomic mass is 16.5. The summed E-state index contributed by atoms with van der Waals surface area (Å²) < 4.78 is 5.95. The maximum atomic E-state index is 6.16. The first-order chi connectivity index (χ1) is 7.50. The van der Waals surface area contributed by atoms with Crippen molar-refractivity contribution >= 4 is 5.84 Å². The molecule has 16 heavy (non-hydrogen) atoms. The number of ether oxygens (including phenoxy) is 1. The van der Waals surface area contributed by atoms with Crippen LogP contribution in [-0.4, -0.2) is 24.1 Å². The highest BCUT2D eigenvalue weighted by molar-refractivity contribution is 5.89. The fraction of sp³-hybridized carbons (Fsp3) is 0.923. The van der Waals surface area contributed by atoms with Crippen molar-refractivity contribution in [3.05, 3.63) is 0 Å². The van der Waals surface area contributed by atoms with Crippen LogP contribution in [0.2, 0.25) is 0 Å². The lowest BCUT2D eigenvalue weighted by Gasteiger charge is -2.39. The molecule has 0 radical (unpaired) electrons. The molecule has 1 aliphatic carbocycles. The number of nitrogens with two attached hydrogens (primary N) is 1. The Hall–Kier alpha value is -0.570. The fourth-order valence-corrected chi connectivity index (χ4v) is 2.61. The molecular weight excluding hydrogens is 200 g/mol. The second kappa shape index (κ2) is 5.67. The molecule has 0 bridgehead atoms. The number of hydrogen-bond acceptors (Lipinski definition) is 2. The number of hydrogen-bond donors (Lipinski definition) is 1. The maximum absolute atomic E-state index is 6.16. The average molecular weight is 226 g/mol. The quantitative estimate of drug-likeness (QED) is 0.592. The van der Waals surface area contributed by atoms with E-state index in [1.54, 1.807) is 0 Å². The van der Waals surface area contributed by atoms with Gasteiger partial charge >= 0.3 is 0 Å². The molecule has 1 saturated carbocycles. The molecule has 1 fully saturated rings. The molecule has 3 nitrogen and oxygen atoms in total. The number of aliphatic imine (C=N–C) groups is 1.